The number of halogens is 3. The number of hydrogen-bond acceptors (Lipinski definition) is 4. The van der Waals surface area contributed by atoms with Gasteiger partial charge in [-0.2, -0.15) is 4.39 Å². The Balaban J connectivity index is 2.06. The van der Waals surface area contributed by atoms with Crippen LogP contribution in [-0.2, 0) is 11.3 Å². The minimum atomic E-state index is -1.82. The third kappa shape index (κ3) is 7.20. The molecule has 0 spiro atoms. The highest BCUT2D eigenvalue weighted by atomic mass is 127. The van der Waals surface area contributed by atoms with Gasteiger partial charge in [0, 0.05) is 69.9 Å². The van der Waals surface area contributed by atoms with Crippen LogP contribution in [0.1, 0.15) is 34.1 Å². The van der Waals surface area contributed by atoms with E-state index >= 15 is 0 Å². The number of alkyl halides is 3. The van der Waals surface area contributed by atoms with Gasteiger partial charge in [-0.15, -0.1) is 0 Å². The molecule has 0 bridgehead atoms. The summed E-state index contributed by atoms with van der Waals surface area (Å²) in [5.41, 5.74) is 2.65. The normalized spacial score (nSPS) is 11.0. The van der Waals surface area contributed by atoms with Gasteiger partial charge < -0.3 is 15.4 Å². The van der Waals surface area contributed by atoms with Gasteiger partial charge in [0.1, 0.15) is 11.6 Å². The van der Waals surface area contributed by atoms with Crippen molar-refractivity contribution in [3.05, 3.63) is 52.7 Å². The molecule has 1 heterocycles. The molecular weight excluding hydrogens is 579 g/mol. The van der Waals surface area contributed by atoms with Crippen LogP contribution in [0.25, 0.3) is 0 Å². The number of aromatic nitrogens is 1. The van der Waals surface area contributed by atoms with E-state index in [-0.39, 0.29) is 11.8 Å². The zero-order valence-electron chi connectivity index (χ0n) is 14.9. The van der Waals surface area contributed by atoms with Gasteiger partial charge in [0.05, 0.1) is 0 Å². The second-order valence-corrected chi connectivity index (χ2v) is 10.7. The number of carbonyl (C=O) groups excluding carboxylic acids is 2. The molecule has 0 saturated heterocycles. The molecule has 0 unspecified atom stereocenters. The maximum absolute atomic E-state index is 13.6. The lowest BCUT2D eigenvalue weighted by atomic mass is 10.1. The predicted octanol–water partition coefficient (Wildman–Crippen LogP) is 4.42. The fourth-order valence-electron chi connectivity index (χ4n) is 2.39. The average molecular weight is 597 g/mol. The van der Waals surface area contributed by atoms with Gasteiger partial charge in [-0.1, -0.05) is 12.1 Å². The van der Waals surface area contributed by atoms with Crippen LogP contribution < -0.4 is 15.4 Å². The Morgan fingerprint density at radius 1 is 1.22 bits per heavy atom. The van der Waals surface area contributed by atoms with Gasteiger partial charge in [-0.25, -0.2) is 4.98 Å². The minimum Gasteiger partial charge on any atom is -0.442 e. The van der Waals surface area contributed by atoms with Gasteiger partial charge in [0.25, 0.3) is 5.91 Å². The first-order valence-corrected chi connectivity index (χ1v) is 10.1. The number of nitrogens with zero attached hydrogens (tertiary/aromatic N) is 1. The molecule has 2 amide bonds. The molecule has 0 aliphatic heterocycles. The van der Waals surface area contributed by atoms with Crippen LogP contribution in [0.2, 0.25) is 0 Å². The SMILES string of the molecule is CC(=O)Nc1cc(C(=O)NCc2ccc(OC(F)(I)I)c(C)c2)cc(C)n1. The summed E-state index contributed by atoms with van der Waals surface area (Å²) in [5, 5.41) is 5.39. The fraction of sp³-hybridized carbons (Fsp3) is 0.278. The summed E-state index contributed by atoms with van der Waals surface area (Å²) in [6.45, 7) is 5.23. The number of amides is 2. The van der Waals surface area contributed by atoms with E-state index in [0.717, 1.165) is 11.1 Å². The first-order chi connectivity index (χ1) is 12.5. The Morgan fingerprint density at radius 3 is 2.52 bits per heavy atom. The van der Waals surface area contributed by atoms with E-state index in [9.17, 15) is 14.0 Å². The monoisotopic (exact) mass is 597 g/mol. The Labute approximate surface area is 183 Å². The molecule has 2 rings (SSSR count). The zero-order chi connectivity index (χ0) is 20.2. The molecule has 27 heavy (non-hydrogen) atoms. The summed E-state index contributed by atoms with van der Waals surface area (Å²) in [4.78, 5) is 27.8. The van der Waals surface area contributed by atoms with Crippen molar-refractivity contribution in [2.75, 3.05) is 5.32 Å². The predicted molar refractivity (Wildman–Crippen MR) is 118 cm³/mol. The number of aryl methyl sites for hydroxylation is 2. The van der Waals surface area contributed by atoms with Crippen LogP contribution >= 0.6 is 45.2 Å². The van der Waals surface area contributed by atoms with Crippen molar-refractivity contribution in [2.24, 2.45) is 0 Å². The summed E-state index contributed by atoms with van der Waals surface area (Å²) < 4.78 is 17.0. The van der Waals surface area contributed by atoms with Gasteiger partial charge >= 0.3 is 1.87 Å². The molecule has 6 nitrogen and oxygen atoms in total. The Bertz CT molecular complexity index is 869. The molecule has 0 aliphatic carbocycles. The molecule has 1 aromatic carbocycles. The van der Waals surface area contributed by atoms with Crippen LogP contribution in [0.15, 0.2) is 30.3 Å². The molecule has 0 radical (unpaired) electrons. The Morgan fingerprint density at radius 2 is 1.93 bits per heavy atom. The number of nitrogens with one attached hydrogen (secondary N) is 2. The minimum absolute atomic E-state index is 0.257. The van der Waals surface area contributed by atoms with Crippen molar-refractivity contribution < 1.29 is 18.7 Å². The highest BCUT2D eigenvalue weighted by Gasteiger charge is 2.23. The van der Waals surface area contributed by atoms with E-state index < -0.39 is 1.87 Å². The second kappa shape index (κ2) is 9.13. The largest absolute Gasteiger partial charge is 0.442 e. The van der Waals surface area contributed by atoms with Crippen molar-refractivity contribution in [1.82, 2.24) is 10.3 Å². The molecule has 144 valence electrons. The van der Waals surface area contributed by atoms with Gasteiger partial charge in [-0.05, 0) is 43.2 Å². The standard InChI is InChI=1S/C18H18FI2N3O3/c1-10-6-13(4-5-15(10)27-18(19,20)21)9-22-17(26)14-7-11(2)23-16(8-14)24-12(3)25/h4-8H,9H2,1-3H3,(H,22,26)(H,23,24,25). The highest BCUT2D eigenvalue weighted by Crippen LogP contribution is 2.34. The van der Waals surface area contributed by atoms with E-state index in [0.29, 0.717) is 29.4 Å². The average Bonchev–Trinajstić information content (AvgIpc) is 2.52. The Kier molecular flexibility index (Phi) is 7.37. The summed E-state index contributed by atoms with van der Waals surface area (Å²) >= 11 is 3.12. The van der Waals surface area contributed by atoms with E-state index in [1.165, 1.54) is 13.0 Å². The number of anilines is 1. The van der Waals surface area contributed by atoms with Crippen LogP contribution in [-0.4, -0.2) is 18.7 Å². The summed E-state index contributed by atoms with van der Waals surface area (Å²) in [6, 6.07) is 8.43. The van der Waals surface area contributed by atoms with Gasteiger partial charge in [0.2, 0.25) is 5.91 Å². The quantitative estimate of drug-likeness (QED) is 0.382. The fourth-order valence-corrected chi connectivity index (χ4v) is 2.86. The summed E-state index contributed by atoms with van der Waals surface area (Å²) in [6.07, 6.45) is 0. The molecule has 0 atom stereocenters. The van der Waals surface area contributed by atoms with E-state index in [1.54, 1.807) is 70.3 Å². The Hall–Kier alpha value is -1.50. The highest BCUT2D eigenvalue weighted by molar-refractivity contribution is 14.2. The topological polar surface area (TPSA) is 80.3 Å². The van der Waals surface area contributed by atoms with Crippen molar-refractivity contribution in [3.63, 3.8) is 0 Å². The smallest absolute Gasteiger partial charge is 0.350 e. The zero-order valence-corrected chi connectivity index (χ0v) is 19.2. The van der Waals surface area contributed by atoms with Crippen LogP contribution in [0.3, 0.4) is 0 Å². The molecule has 0 aliphatic rings. The number of ether oxygens (including phenoxy) is 1. The van der Waals surface area contributed by atoms with Crippen molar-refractivity contribution >= 4 is 62.8 Å². The first kappa shape index (κ1) is 21.8. The third-order valence-electron chi connectivity index (χ3n) is 3.44. The van der Waals surface area contributed by atoms with Crippen molar-refractivity contribution in [3.8, 4) is 5.75 Å². The van der Waals surface area contributed by atoms with Crippen molar-refractivity contribution in [2.45, 2.75) is 29.2 Å². The summed E-state index contributed by atoms with van der Waals surface area (Å²) in [7, 11) is 0. The van der Waals surface area contributed by atoms with Crippen LogP contribution in [0, 0.1) is 13.8 Å². The lowest BCUT2D eigenvalue weighted by Crippen LogP contribution is -2.23. The lowest BCUT2D eigenvalue weighted by molar-refractivity contribution is -0.114. The molecule has 2 aromatic rings. The maximum Gasteiger partial charge on any atom is 0.350 e. The molecule has 2 N–H and O–H groups in total. The van der Waals surface area contributed by atoms with Crippen molar-refractivity contribution in [1.29, 1.82) is 0 Å². The number of rotatable bonds is 6. The number of carbonyl (C=O) groups is 2. The molecular formula is C18H18FI2N3O3. The number of hydrogen-bond donors (Lipinski definition) is 2. The van der Waals surface area contributed by atoms with E-state index in [2.05, 4.69) is 15.6 Å². The van der Waals surface area contributed by atoms with Crippen LogP contribution in [0.5, 0.6) is 5.75 Å². The van der Waals surface area contributed by atoms with Gasteiger partial charge in [-0.3, -0.25) is 9.59 Å². The third-order valence-corrected chi connectivity index (χ3v) is 3.88. The number of pyridine rings is 1. The summed E-state index contributed by atoms with van der Waals surface area (Å²) in [5.74, 6) is 0.235. The molecule has 0 fully saturated rings. The second-order valence-electron chi connectivity index (χ2n) is 5.89. The molecule has 0 saturated carbocycles. The van der Waals surface area contributed by atoms with Gasteiger partial charge in [0.15, 0.2) is 0 Å². The maximum atomic E-state index is 13.6. The number of benzene rings is 1. The molecule has 1 aromatic heterocycles. The van der Waals surface area contributed by atoms with E-state index in [4.69, 9.17) is 4.74 Å². The molecule has 9 heteroatoms. The van der Waals surface area contributed by atoms with E-state index in [1.807, 2.05) is 13.0 Å². The first-order valence-electron chi connectivity index (χ1n) is 7.93. The van der Waals surface area contributed by atoms with Crippen LogP contribution in [0.4, 0.5) is 10.2 Å². The lowest BCUT2D eigenvalue weighted by Gasteiger charge is -2.16.